The number of carboxylic acid groups (broad SMARTS) is 1. The Morgan fingerprint density at radius 2 is 2.17 bits per heavy atom. The van der Waals surface area contributed by atoms with E-state index in [1.165, 1.54) is 17.7 Å². The first kappa shape index (κ1) is 12.8. The maximum Gasteiger partial charge on any atom is 0.338 e. The number of carbonyl (C=O) groups is 1. The zero-order chi connectivity index (χ0) is 13.3. The molecule has 18 heavy (non-hydrogen) atoms. The molecular weight excluding hydrogens is 250 g/mol. The fraction of sp³-hybridized carbons (Fsp3) is 0.417. The number of thiophene rings is 1. The second kappa shape index (κ2) is 4.53. The van der Waals surface area contributed by atoms with Gasteiger partial charge < -0.3 is 10.4 Å². The molecule has 2 rings (SSSR count). The highest BCUT2D eigenvalue weighted by Gasteiger charge is 2.16. The molecule has 0 aliphatic rings. The van der Waals surface area contributed by atoms with Gasteiger partial charge in [0.05, 0.1) is 10.3 Å². The number of hydrogen-bond donors (Lipinski definition) is 2. The summed E-state index contributed by atoms with van der Waals surface area (Å²) in [5.74, 6) is -0.255. The van der Waals surface area contributed by atoms with Gasteiger partial charge in [-0.3, -0.25) is 0 Å². The zero-order valence-electron chi connectivity index (χ0n) is 10.5. The topological polar surface area (TPSA) is 75.1 Å². The van der Waals surface area contributed by atoms with Crippen molar-refractivity contribution in [1.82, 2.24) is 9.97 Å². The Hall–Kier alpha value is -1.69. The molecule has 0 atom stereocenters. The highest BCUT2D eigenvalue weighted by atomic mass is 32.1. The number of aromatic nitrogens is 2. The van der Waals surface area contributed by atoms with E-state index in [1.54, 1.807) is 5.38 Å². The van der Waals surface area contributed by atoms with Crippen LogP contribution in [0, 0.1) is 5.41 Å². The van der Waals surface area contributed by atoms with Crippen molar-refractivity contribution in [2.75, 3.05) is 11.9 Å². The lowest BCUT2D eigenvalue weighted by molar-refractivity contribution is 0.0699. The summed E-state index contributed by atoms with van der Waals surface area (Å²) >= 11 is 1.35. The molecule has 5 nitrogen and oxygen atoms in total. The van der Waals surface area contributed by atoms with Gasteiger partial charge in [-0.1, -0.05) is 20.8 Å². The van der Waals surface area contributed by atoms with Gasteiger partial charge in [0.2, 0.25) is 0 Å². The minimum Gasteiger partial charge on any atom is -0.478 e. The highest BCUT2D eigenvalue weighted by molar-refractivity contribution is 7.18. The summed E-state index contributed by atoms with van der Waals surface area (Å²) in [5, 5.41) is 13.9. The first-order chi connectivity index (χ1) is 8.38. The molecule has 0 aliphatic carbocycles. The molecule has 6 heteroatoms. The van der Waals surface area contributed by atoms with Crippen LogP contribution in [0.1, 0.15) is 31.1 Å². The Morgan fingerprint density at radius 1 is 1.44 bits per heavy atom. The average Bonchev–Trinajstić information content (AvgIpc) is 2.69. The van der Waals surface area contributed by atoms with Crippen LogP contribution in [0.25, 0.3) is 10.2 Å². The fourth-order valence-electron chi connectivity index (χ4n) is 1.48. The van der Waals surface area contributed by atoms with Crippen LogP contribution in [0.15, 0.2) is 11.7 Å². The van der Waals surface area contributed by atoms with Crippen LogP contribution in [0.2, 0.25) is 0 Å². The predicted octanol–water partition coefficient (Wildman–Crippen LogP) is 2.85. The van der Waals surface area contributed by atoms with E-state index in [9.17, 15) is 4.79 Å². The summed E-state index contributed by atoms with van der Waals surface area (Å²) in [7, 11) is 0. The van der Waals surface area contributed by atoms with Crippen molar-refractivity contribution >= 4 is 33.3 Å². The molecular formula is C12H15N3O2S. The minimum absolute atomic E-state index is 0.129. The van der Waals surface area contributed by atoms with Gasteiger partial charge in [0.1, 0.15) is 17.7 Å². The van der Waals surface area contributed by atoms with E-state index in [-0.39, 0.29) is 11.0 Å². The van der Waals surface area contributed by atoms with Crippen LogP contribution >= 0.6 is 11.3 Å². The molecule has 0 fully saturated rings. The average molecular weight is 265 g/mol. The Bertz CT molecular complexity index is 587. The Morgan fingerprint density at radius 3 is 2.78 bits per heavy atom. The van der Waals surface area contributed by atoms with Crippen LogP contribution in [0.4, 0.5) is 5.82 Å². The molecule has 0 saturated heterocycles. The third-order valence-electron chi connectivity index (χ3n) is 2.37. The number of aromatic carboxylic acids is 1. The number of hydrogen-bond acceptors (Lipinski definition) is 5. The quantitative estimate of drug-likeness (QED) is 0.892. The zero-order valence-corrected chi connectivity index (χ0v) is 11.3. The normalized spacial score (nSPS) is 11.7. The number of anilines is 1. The van der Waals surface area contributed by atoms with Crippen LogP contribution in [-0.2, 0) is 0 Å². The summed E-state index contributed by atoms with van der Waals surface area (Å²) < 4.78 is 0.791. The third kappa shape index (κ3) is 2.59. The molecule has 0 bridgehead atoms. The van der Waals surface area contributed by atoms with E-state index in [4.69, 9.17) is 5.11 Å². The summed E-state index contributed by atoms with van der Waals surface area (Å²) in [5.41, 5.74) is 0.861. The van der Waals surface area contributed by atoms with Crippen molar-refractivity contribution in [3.8, 4) is 0 Å². The van der Waals surface area contributed by atoms with Crippen molar-refractivity contribution < 1.29 is 9.90 Å². The van der Waals surface area contributed by atoms with Crippen molar-refractivity contribution in [1.29, 1.82) is 0 Å². The Balaban J connectivity index is 2.38. The largest absolute Gasteiger partial charge is 0.478 e. The Labute approximate surface area is 109 Å². The standard InChI is InChI=1S/C12H15N3O2S/c1-12(2,3)5-13-10-9-8(14-6-15-10)7(4-18-9)11(16)17/h4,6H,5H2,1-3H3,(H,16,17)(H,13,14,15). The van der Waals surface area contributed by atoms with Crippen molar-refractivity contribution in [3.63, 3.8) is 0 Å². The molecule has 0 unspecified atom stereocenters. The molecule has 2 aromatic heterocycles. The summed E-state index contributed by atoms with van der Waals surface area (Å²) in [6.07, 6.45) is 1.40. The van der Waals surface area contributed by atoms with Gasteiger partial charge in [0, 0.05) is 11.9 Å². The Kier molecular flexibility index (Phi) is 3.21. The summed E-state index contributed by atoms with van der Waals surface area (Å²) in [6, 6.07) is 0. The van der Waals surface area contributed by atoms with E-state index in [2.05, 4.69) is 36.1 Å². The smallest absolute Gasteiger partial charge is 0.338 e. The molecule has 2 N–H and O–H groups in total. The first-order valence-electron chi connectivity index (χ1n) is 5.58. The second-order valence-electron chi connectivity index (χ2n) is 5.27. The number of carboxylic acids is 1. The van der Waals surface area contributed by atoms with Crippen LogP contribution in [0.5, 0.6) is 0 Å². The van der Waals surface area contributed by atoms with Gasteiger partial charge in [-0.05, 0) is 5.41 Å². The molecule has 2 heterocycles. The fourth-order valence-corrected chi connectivity index (χ4v) is 2.44. The van der Waals surface area contributed by atoms with E-state index in [0.717, 1.165) is 11.2 Å². The summed E-state index contributed by atoms with van der Waals surface area (Å²) in [4.78, 5) is 19.3. The molecule has 0 aliphatic heterocycles. The van der Waals surface area contributed by atoms with Crippen molar-refractivity contribution in [3.05, 3.63) is 17.3 Å². The van der Waals surface area contributed by atoms with Gasteiger partial charge in [-0.25, -0.2) is 14.8 Å². The SMILES string of the molecule is CC(C)(C)CNc1ncnc2c(C(=O)O)csc12. The first-order valence-corrected chi connectivity index (χ1v) is 6.46. The number of rotatable bonds is 3. The lowest BCUT2D eigenvalue weighted by atomic mass is 9.97. The summed E-state index contributed by atoms with van der Waals surface area (Å²) in [6.45, 7) is 7.12. The highest BCUT2D eigenvalue weighted by Crippen LogP contribution is 2.29. The minimum atomic E-state index is -0.957. The van der Waals surface area contributed by atoms with Crippen LogP contribution in [-0.4, -0.2) is 27.6 Å². The number of fused-ring (bicyclic) bond motifs is 1. The van der Waals surface area contributed by atoms with E-state index in [1.807, 2.05) is 0 Å². The van der Waals surface area contributed by atoms with Crippen LogP contribution < -0.4 is 5.32 Å². The second-order valence-corrected chi connectivity index (χ2v) is 6.15. The molecule has 0 saturated carbocycles. The van der Waals surface area contributed by atoms with Gasteiger partial charge in [0.25, 0.3) is 0 Å². The lowest BCUT2D eigenvalue weighted by Crippen LogP contribution is -2.19. The molecule has 2 aromatic rings. The third-order valence-corrected chi connectivity index (χ3v) is 3.35. The van der Waals surface area contributed by atoms with Crippen molar-refractivity contribution in [2.45, 2.75) is 20.8 Å². The maximum atomic E-state index is 11.0. The van der Waals surface area contributed by atoms with E-state index < -0.39 is 5.97 Å². The molecule has 0 amide bonds. The molecule has 96 valence electrons. The monoisotopic (exact) mass is 265 g/mol. The van der Waals surface area contributed by atoms with Gasteiger partial charge >= 0.3 is 5.97 Å². The maximum absolute atomic E-state index is 11.0. The lowest BCUT2D eigenvalue weighted by Gasteiger charge is -2.19. The van der Waals surface area contributed by atoms with Crippen molar-refractivity contribution in [2.24, 2.45) is 5.41 Å². The predicted molar refractivity (Wildman–Crippen MR) is 72.3 cm³/mol. The molecule has 0 aromatic carbocycles. The number of nitrogens with one attached hydrogen (secondary N) is 1. The van der Waals surface area contributed by atoms with Crippen LogP contribution in [0.3, 0.4) is 0 Å². The van der Waals surface area contributed by atoms with E-state index in [0.29, 0.717) is 11.3 Å². The van der Waals surface area contributed by atoms with E-state index >= 15 is 0 Å². The molecule has 0 radical (unpaired) electrons. The number of nitrogens with zero attached hydrogens (tertiary/aromatic N) is 2. The molecule has 0 spiro atoms. The van der Waals surface area contributed by atoms with Gasteiger partial charge in [-0.2, -0.15) is 0 Å². The van der Waals surface area contributed by atoms with Gasteiger partial charge in [0.15, 0.2) is 0 Å². The van der Waals surface area contributed by atoms with Gasteiger partial charge in [-0.15, -0.1) is 11.3 Å².